The van der Waals surface area contributed by atoms with Crippen molar-refractivity contribution in [3.63, 3.8) is 0 Å². The first-order chi connectivity index (χ1) is 10.2. The summed E-state index contributed by atoms with van der Waals surface area (Å²) in [5.41, 5.74) is 0.660. The number of hydrogen-bond donors (Lipinski definition) is 1. The molecular weight excluding hydrogens is 286 g/mol. The summed E-state index contributed by atoms with van der Waals surface area (Å²) in [5, 5.41) is 10.1. The van der Waals surface area contributed by atoms with Crippen LogP contribution < -0.4 is 5.56 Å². The second-order valence-corrected chi connectivity index (χ2v) is 5.78. The quantitative estimate of drug-likeness (QED) is 0.806. The van der Waals surface area contributed by atoms with Crippen LogP contribution in [0.1, 0.15) is 11.6 Å². The fourth-order valence-electron chi connectivity index (χ4n) is 2.30. The monoisotopic (exact) mass is 299 g/mol. The lowest BCUT2D eigenvalue weighted by Gasteiger charge is -2.12. The zero-order valence-electron chi connectivity index (χ0n) is 11.1. The molecule has 106 valence electrons. The largest absolute Gasteiger partial charge is 0.480 e. The highest BCUT2D eigenvalue weighted by Crippen LogP contribution is 2.22. The van der Waals surface area contributed by atoms with Crippen LogP contribution in [0.5, 0.6) is 0 Å². The van der Waals surface area contributed by atoms with E-state index in [1.54, 1.807) is 12.1 Å². The minimum Gasteiger partial charge on any atom is -0.480 e. The standard InChI is InChI=1S/C16H13NO3S/c18-15-12-8-4-5-9-14(12)21-17(15)13(16(19)20)10-11-6-2-1-3-7-11/h1-9,13H,10H2,(H,19,20)/t13-/m0/s1. The van der Waals surface area contributed by atoms with E-state index in [0.29, 0.717) is 11.8 Å². The molecule has 1 N–H and O–H groups in total. The van der Waals surface area contributed by atoms with E-state index < -0.39 is 12.0 Å². The number of carboxylic acids is 1. The Morgan fingerprint density at radius 2 is 1.76 bits per heavy atom. The molecule has 0 spiro atoms. The Labute approximate surface area is 125 Å². The fraction of sp³-hybridized carbons (Fsp3) is 0.125. The first-order valence-electron chi connectivity index (χ1n) is 6.54. The van der Waals surface area contributed by atoms with Crippen LogP contribution in [0.2, 0.25) is 0 Å². The first kappa shape index (κ1) is 13.6. The van der Waals surface area contributed by atoms with E-state index in [1.807, 2.05) is 42.5 Å². The van der Waals surface area contributed by atoms with E-state index in [1.165, 1.54) is 15.5 Å². The molecule has 3 rings (SSSR count). The van der Waals surface area contributed by atoms with Crippen molar-refractivity contribution in [1.82, 2.24) is 3.96 Å². The van der Waals surface area contributed by atoms with Crippen molar-refractivity contribution in [3.8, 4) is 0 Å². The zero-order valence-corrected chi connectivity index (χ0v) is 11.9. The number of aliphatic carboxylic acids is 1. The van der Waals surface area contributed by atoms with Crippen molar-refractivity contribution < 1.29 is 9.90 Å². The van der Waals surface area contributed by atoms with Crippen LogP contribution in [0.15, 0.2) is 59.4 Å². The number of benzene rings is 2. The lowest BCUT2D eigenvalue weighted by Crippen LogP contribution is -2.27. The van der Waals surface area contributed by atoms with Crippen molar-refractivity contribution in [2.24, 2.45) is 0 Å². The lowest BCUT2D eigenvalue weighted by molar-refractivity contribution is -0.140. The van der Waals surface area contributed by atoms with Crippen molar-refractivity contribution in [2.45, 2.75) is 12.5 Å². The lowest BCUT2D eigenvalue weighted by atomic mass is 10.1. The molecule has 1 atom stereocenters. The molecule has 4 nitrogen and oxygen atoms in total. The van der Waals surface area contributed by atoms with Crippen molar-refractivity contribution in [3.05, 3.63) is 70.5 Å². The number of nitrogens with zero attached hydrogens (tertiary/aromatic N) is 1. The highest BCUT2D eigenvalue weighted by molar-refractivity contribution is 7.14. The summed E-state index contributed by atoms with van der Waals surface area (Å²) < 4.78 is 2.17. The molecule has 0 unspecified atom stereocenters. The van der Waals surface area contributed by atoms with Crippen molar-refractivity contribution in [2.75, 3.05) is 0 Å². The second kappa shape index (κ2) is 5.54. The molecule has 0 radical (unpaired) electrons. The second-order valence-electron chi connectivity index (χ2n) is 4.76. The van der Waals surface area contributed by atoms with Crippen molar-refractivity contribution >= 4 is 27.6 Å². The molecule has 0 bridgehead atoms. The maximum Gasteiger partial charge on any atom is 0.328 e. The normalized spacial score (nSPS) is 12.4. The molecule has 1 aromatic heterocycles. The minimum absolute atomic E-state index is 0.237. The summed E-state index contributed by atoms with van der Waals surface area (Å²) in [6.07, 6.45) is 0.295. The molecule has 0 aliphatic carbocycles. The summed E-state index contributed by atoms with van der Waals surface area (Å²) in [7, 11) is 0. The van der Waals surface area contributed by atoms with Gasteiger partial charge in [0.2, 0.25) is 0 Å². The van der Waals surface area contributed by atoms with Crippen LogP contribution in [0.25, 0.3) is 10.1 Å². The Morgan fingerprint density at radius 1 is 1.10 bits per heavy atom. The van der Waals surface area contributed by atoms with Crippen LogP contribution in [0.4, 0.5) is 0 Å². The van der Waals surface area contributed by atoms with Crippen LogP contribution in [-0.2, 0) is 11.2 Å². The maximum atomic E-state index is 12.4. The molecule has 2 aromatic carbocycles. The molecule has 3 aromatic rings. The van der Waals surface area contributed by atoms with Crippen LogP contribution in [0.3, 0.4) is 0 Å². The van der Waals surface area contributed by atoms with Gasteiger partial charge in [0.25, 0.3) is 5.56 Å². The van der Waals surface area contributed by atoms with Gasteiger partial charge >= 0.3 is 5.97 Å². The van der Waals surface area contributed by atoms with E-state index in [-0.39, 0.29) is 5.56 Å². The fourth-order valence-corrected chi connectivity index (χ4v) is 3.38. The van der Waals surface area contributed by atoms with Gasteiger partial charge in [-0.25, -0.2) is 8.75 Å². The van der Waals surface area contributed by atoms with Gasteiger partial charge in [-0.05, 0) is 17.7 Å². The number of carboxylic acid groups (broad SMARTS) is 1. The number of carbonyl (C=O) groups is 1. The minimum atomic E-state index is -0.993. The summed E-state index contributed by atoms with van der Waals surface area (Å²) in [6.45, 7) is 0. The van der Waals surface area contributed by atoms with Gasteiger partial charge in [0.15, 0.2) is 0 Å². The summed E-state index contributed by atoms with van der Waals surface area (Å²) >= 11 is 1.20. The summed E-state index contributed by atoms with van der Waals surface area (Å²) in [4.78, 5) is 24.0. The number of hydrogen-bond acceptors (Lipinski definition) is 3. The Kier molecular flexibility index (Phi) is 3.58. The van der Waals surface area contributed by atoms with Gasteiger partial charge in [-0.1, -0.05) is 54.0 Å². The van der Waals surface area contributed by atoms with Gasteiger partial charge in [0.1, 0.15) is 6.04 Å². The zero-order chi connectivity index (χ0) is 14.8. The first-order valence-corrected chi connectivity index (χ1v) is 7.31. The Bertz CT molecular complexity index is 835. The number of rotatable bonds is 4. The van der Waals surface area contributed by atoms with Gasteiger partial charge in [-0.15, -0.1) is 0 Å². The molecule has 0 fully saturated rings. The molecular formula is C16H13NO3S. The van der Waals surface area contributed by atoms with E-state index >= 15 is 0 Å². The molecule has 0 saturated heterocycles. The molecule has 0 aliphatic heterocycles. The van der Waals surface area contributed by atoms with E-state index in [9.17, 15) is 14.7 Å². The third kappa shape index (κ3) is 2.60. The molecule has 21 heavy (non-hydrogen) atoms. The third-order valence-electron chi connectivity index (χ3n) is 3.35. The van der Waals surface area contributed by atoms with Gasteiger partial charge in [0.05, 0.1) is 10.1 Å². The predicted octanol–water partition coefficient (Wildman–Crippen LogP) is 2.93. The Morgan fingerprint density at radius 3 is 2.43 bits per heavy atom. The third-order valence-corrected chi connectivity index (χ3v) is 4.52. The average Bonchev–Trinajstić information content (AvgIpc) is 2.83. The van der Waals surface area contributed by atoms with E-state index in [2.05, 4.69) is 0 Å². The summed E-state index contributed by atoms with van der Waals surface area (Å²) in [6, 6.07) is 15.7. The van der Waals surface area contributed by atoms with Gasteiger partial charge < -0.3 is 5.11 Å². The average molecular weight is 299 g/mol. The van der Waals surface area contributed by atoms with Gasteiger partial charge in [-0.3, -0.25) is 4.79 Å². The van der Waals surface area contributed by atoms with E-state index in [0.717, 1.165) is 10.3 Å². The van der Waals surface area contributed by atoms with Crippen LogP contribution in [0, 0.1) is 0 Å². The highest BCUT2D eigenvalue weighted by atomic mass is 32.1. The maximum absolute atomic E-state index is 12.4. The van der Waals surface area contributed by atoms with Crippen LogP contribution in [-0.4, -0.2) is 15.0 Å². The van der Waals surface area contributed by atoms with Gasteiger partial charge in [0, 0.05) is 6.42 Å². The van der Waals surface area contributed by atoms with Gasteiger partial charge in [-0.2, -0.15) is 0 Å². The predicted molar refractivity (Wildman–Crippen MR) is 82.9 cm³/mol. The molecule has 1 heterocycles. The van der Waals surface area contributed by atoms with Crippen LogP contribution >= 0.6 is 11.5 Å². The number of aromatic nitrogens is 1. The Hall–Kier alpha value is -2.40. The van der Waals surface area contributed by atoms with E-state index in [4.69, 9.17) is 0 Å². The Balaban J connectivity index is 2.06. The smallest absolute Gasteiger partial charge is 0.328 e. The molecule has 0 saturated carbocycles. The number of fused-ring (bicyclic) bond motifs is 1. The molecule has 0 aliphatic rings. The SMILES string of the molecule is O=C(O)[C@H](Cc1ccccc1)n1sc2ccccc2c1=O. The summed E-state index contributed by atoms with van der Waals surface area (Å²) in [5.74, 6) is -0.993. The molecule has 5 heteroatoms. The van der Waals surface area contributed by atoms with Crippen molar-refractivity contribution in [1.29, 1.82) is 0 Å². The highest BCUT2D eigenvalue weighted by Gasteiger charge is 2.24. The topological polar surface area (TPSA) is 59.3 Å². The molecule has 0 amide bonds.